The Labute approximate surface area is 197 Å². The summed E-state index contributed by atoms with van der Waals surface area (Å²) in [7, 11) is 2.03. The number of carbonyl (C=O) groups excluding carboxylic acids is 1. The molecule has 0 spiro atoms. The Bertz CT molecular complexity index is 1510. The molecule has 5 nitrogen and oxygen atoms in total. The first-order chi connectivity index (χ1) is 16.6. The fourth-order valence-electron chi connectivity index (χ4n) is 4.13. The van der Waals surface area contributed by atoms with E-state index in [2.05, 4.69) is 16.4 Å². The van der Waals surface area contributed by atoms with Gasteiger partial charge >= 0.3 is 0 Å². The minimum Gasteiger partial charge on any atom is -0.360 e. The average Bonchev–Trinajstić information content (AvgIpc) is 3.29. The zero-order chi connectivity index (χ0) is 23.7. The fraction of sp³-hybridized carbons (Fsp3) is 0.111. The van der Waals surface area contributed by atoms with Crippen molar-refractivity contribution in [3.8, 4) is 11.3 Å². The summed E-state index contributed by atoms with van der Waals surface area (Å²) in [6, 6.07) is 20.0. The first-order valence-corrected chi connectivity index (χ1v) is 11.1. The summed E-state index contributed by atoms with van der Waals surface area (Å²) in [4.78, 5) is 21.2. The number of benzene rings is 3. The molecule has 167 valence electrons. The van der Waals surface area contributed by atoms with Crippen LogP contribution in [0.1, 0.15) is 21.5 Å². The lowest BCUT2D eigenvalue weighted by atomic mass is 9.73. The van der Waals surface area contributed by atoms with Crippen LogP contribution < -0.4 is 16.5 Å². The second-order valence-corrected chi connectivity index (χ2v) is 8.22. The molecule has 3 aromatic carbocycles. The summed E-state index contributed by atoms with van der Waals surface area (Å²) in [5.41, 5.74) is 12.1. The van der Waals surface area contributed by atoms with Gasteiger partial charge < -0.3 is 16.0 Å². The third-order valence-corrected chi connectivity index (χ3v) is 6.04. The van der Waals surface area contributed by atoms with Crippen LogP contribution in [-0.2, 0) is 13.1 Å². The van der Waals surface area contributed by atoms with Crippen molar-refractivity contribution >= 4 is 40.5 Å². The molecule has 0 saturated heterocycles. The highest BCUT2D eigenvalue weighted by Gasteiger charge is 2.17. The van der Waals surface area contributed by atoms with E-state index in [1.807, 2.05) is 56.7 Å². The van der Waals surface area contributed by atoms with E-state index in [0.717, 1.165) is 33.1 Å². The molecule has 0 aliphatic rings. The Hall–Kier alpha value is -3.97. The van der Waals surface area contributed by atoms with Gasteiger partial charge in [-0.1, -0.05) is 48.7 Å². The number of nitrogens with two attached hydrogens (primary N) is 1. The molecule has 1 radical (unpaired) electrons. The first-order valence-electron chi connectivity index (χ1n) is 11.1. The van der Waals surface area contributed by atoms with Gasteiger partial charge in [0.15, 0.2) is 0 Å². The van der Waals surface area contributed by atoms with Crippen LogP contribution >= 0.6 is 0 Å². The van der Waals surface area contributed by atoms with Gasteiger partial charge in [0.05, 0.1) is 16.8 Å². The smallest absolute Gasteiger partial charge is 0.252 e. The van der Waals surface area contributed by atoms with Gasteiger partial charge in [0.2, 0.25) is 0 Å². The summed E-state index contributed by atoms with van der Waals surface area (Å²) < 4.78 is 14.1. The lowest BCUT2D eigenvalue weighted by Crippen LogP contribution is -2.23. The highest BCUT2D eigenvalue weighted by molar-refractivity contribution is 6.52. The van der Waals surface area contributed by atoms with Gasteiger partial charge in [-0.3, -0.25) is 4.79 Å². The van der Waals surface area contributed by atoms with Gasteiger partial charge in [-0.15, -0.1) is 0 Å². The monoisotopic (exact) mass is 449 g/mol. The number of amides is 1. The standard InChI is InChI=1S/C27H23BFN4O/c1-28-18-6-9-24-21(10-18)23(15-31-24)26-12-22(20-8-7-19(29)11-25(20)33-26)27(34)32-14-17-4-2-16(13-30)3-5-17/h2-12,15,31H,13-14,30H2,1H3,(H,32,34). The molecule has 7 heteroatoms. The van der Waals surface area contributed by atoms with Crippen molar-refractivity contribution in [2.75, 3.05) is 0 Å². The number of aromatic amines is 1. The predicted molar refractivity (Wildman–Crippen MR) is 136 cm³/mol. The van der Waals surface area contributed by atoms with E-state index in [-0.39, 0.29) is 5.91 Å². The van der Waals surface area contributed by atoms with Crippen LogP contribution in [0.2, 0.25) is 6.82 Å². The van der Waals surface area contributed by atoms with E-state index < -0.39 is 5.82 Å². The van der Waals surface area contributed by atoms with Crippen molar-refractivity contribution in [3.05, 3.63) is 95.4 Å². The summed E-state index contributed by atoms with van der Waals surface area (Å²) in [6.45, 7) is 2.82. The number of H-pyrrole nitrogens is 1. The molecule has 1 amide bonds. The van der Waals surface area contributed by atoms with E-state index in [0.29, 0.717) is 35.2 Å². The number of nitrogens with one attached hydrogen (secondary N) is 2. The maximum atomic E-state index is 14.1. The maximum Gasteiger partial charge on any atom is 0.252 e. The van der Waals surface area contributed by atoms with Crippen LogP contribution in [0.25, 0.3) is 33.1 Å². The Kier molecular flexibility index (Phi) is 5.86. The molecule has 0 fully saturated rings. The SMILES string of the molecule is C[B]c1ccc2[nH]cc(-c3cc(C(=O)NCc4ccc(CN)cc4)c4ccc(F)cc4n3)c2c1. The number of aromatic nitrogens is 2. The van der Waals surface area contributed by atoms with E-state index in [9.17, 15) is 9.18 Å². The lowest BCUT2D eigenvalue weighted by Gasteiger charge is -2.11. The fourth-order valence-corrected chi connectivity index (χ4v) is 4.13. The van der Waals surface area contributed by atoms with E-state index >= 15 is 0 Å². The van der Waals surface area contributed by atoms with Gasteiger partial charge in [-0.05, 0) is 35.4 Å². The summed E-state index contributed by atoms with van der Waals surface area (Å²) in [5.74, 6) is -0.643. The summed E-state index contributed by atoms with van der Waals surface area (Å²) >= 11 is 0. The molecular formula is C27H23BFN4O. The van der Waals surface area contributed by atoms with Gasteiger partial charge in [0.25, 0.3) is 5.91 Å². The predicted octanol–water partition coefficient (Wildman–Crippen LogP) is 4.29. The molecule has 0 atom stereocenters. The van der Waals surface area contributed by atoms with Crippen molar-refractivity contribution in [2.45, 2.75) is 19.9 Å². The number of hydrogen-bond acceptors (Lipinski definition) is 3. The topological polar surface area (TPSA) is 83.8 Å². The highest BCUT2D eigenvalue weighted by atomic mass is 19.1. The molecule has 34 heavy (non-hydrogen) atoms. The number of pyridine rings is 1. The molecule has 0 aliphatic heterocycles. The minimum atomic E-state index is -0.398. The molecule has 0 unspecified atom stereocenters. The largest absolute Gasteiger partial charge is 0.360 e. The van der Waals surface area contributed by atoms with E-state index in [1.54, 1.807) is 12.1 Å². The van der Waals surface area contributed by atoms with Gasteiger partial charge in [-0.25, -0.2) is 9.37 Å². The molecule has 5 aromatic rings. The van der Waals surface area contributed by atoms with E-state index in [1.165, 1.54) is 12.1 Å². The number of rotatable bonds is 6. The third kappa shape index (κ3) is 4.18. The van der Waals surface area contributed by atoms with Crippen LogP contribution in [0.5, 0.6) is 0 Å². The average molecular weight is 449 g/mol. The Morgan fingerprint density at radius 3 is 2.59 bits per heavy atom. The number of hydrogen-bond donors (Lipinski definition) is 3. The normalized spacial score (nSPS) is 11.1. The second kappa shape index (κ2) is 9.12. The molecule has 2 aromatic heterocycles. The van der Waals surface area contributed by atoms with Crippen molar-refractivity contribution in [2.24, 2.45) is 5.73 Å². The van der Waals surface area contributed by atoms with E-state index in [4.69, 9.17) is 10.7 Å². The molecule has 4 N–H and O–H groups in total. The molecule has 0 saturated carbocycles. The Morgan fingerprint density at radius 2 is 1.82 bits per heavy atom. The van der Waals surface area contributed by atoms with Gasteiger partial charge in [0, 0.05) is 47.2 Å². The van der Waals surface area contributed by atoms with Crippen LogP contribution in [0, 0.1) is 5.82 Å². The second-order valence-electron chi connectivity index (χ2n) is 8.22. The summed E-state index contributed by atoms with van der Waals surface area (Å²) in [6.07, 6.45) is 1.87. The third-order valence-electron chi connectivity index (χ3n) is 6.04. The molecule has 2 heterocycles. The maximum absolute atomic E-state index is 14.1. The quantitative estimate of drug-likeness (QED) is 0.338. The lowest BCUT2D eigenvalue weighted by molar-refractivity contribution is 0.0952. The van der Waals surface area contributed by atoms with Crippen LogP contribution in [-0.4, -0.2) is 23.2 Å². The molecular weight excluding hydrogens is 426 g/mol. The van der Waals surface area contributed by atoms with Crippen molar-refractivity contribution in [1.82, 2.24) is 15.3 Å². The van der Waals surface area contributed by atoms with Crippen LogP contribution in [0.4, 0.5) is 4.39 Å². The Balaban J connectivity index is 1.55. The van der Waals surface area contributed by atoms with Crippen LogP contribution in [0.3, 0.4) is 0 Å². The van der Waals surface area contributed by atoms with Crippen molar-refractivity contribution in [1.29, 1.82) is 0 Å². The van der Waals surface area contributed by atoms with Gasteiger partial charge in [-0.2, -0.15) is 0 Å². The molecule has 5 rings (SSSR count). The zero-order valence-electron chi connectivity index (χ0n) is 18.7. The molecule has 0 bridgehead atoms. The first kappa shape index (κ1) is 21.9. The van der Waals surface area contributed by atoms with Crippen LogP contribution in [0.15, 0.2) is 72.9 Å². The highest BCUT2D eigenvalue weighted by Crippen LogP contribution is 2.30. The zero-order valence-corrected chi connectivity index (χ0v) is 18.7. The molecule has 0 aliphatic carbocycles. The Morgan fingerprint density at radius 1 is 1.03 bits per heavy atom. The van der Waals surface area contributed by atoms with Gasteiger partial charge in [0.1, 0.15) is 13.1 Å². The van der Waals surface area contributed by atoms with Crippen molar-refractivity contribution in [3.63, 3.8) is 0 Å². The number of nitrogens with zero attached hydrogens (tertiary/aromatic N) is 1. The van der Waals surface area contributed by atoms with Crippen molar-refractivity contribution < 1.29 is 9.18 Å². The summed E-state index contributed by atoms with van der Waals surface area (Å²) in [5, 5.41) is 4.57. The number of halogens is 1. The number of carbonyl (C=O) groups is 1. The number of fused-ring (bicyclic) bond motifs is 2. The minimum absolute atomic E-state index is 0.245.